The predicted octanol–water partition coefficient (Wildman–Crippen LogP) is -12.5. The van der Waals surface area contributed by atoms with Gasteiger partial charge in [-0.3, -0.25) is 4.79 Å². The van der Waals surface area contributed by atoms with E-state index < -0.39 is 95.8 Å². The molecule has 0 aliphatic carbocycles. The van der Waals surface area contributed by atoms with Crippen LogP contribution in [0.2, 0.25) is 0 Å². The maximum Gasteiger partial charge on any atom is 0.231 e. The van der Waals surface area contributed by atoms with Crippen molar-refractivity contribution in [1.29, 1.82) is 0 Å². The zero-order valence-electron chi connectivity index (χ0n) is 36.6. The van der Waals surface area contributed by atoms with Crippen LogP contribution in [0.25, 0.3) is 0 Å². The van der Waals surface area contributed by atoms with E-state index in [1.54, 1.807) is 19.2 Å². The van der Waals surface area contributed by atoms with Crippen molar-refractivity contribution in [2.24, 2.45) is 0 Å². The third-order valence-corrected chi connectivity index (χ3v) is 12.4. The number of carbonyl (C=O) groups is 1. The molecule has 1 unspecified atom stereocenters. The Morgan fingerprint density at radius 2 is 1.19 bits per heavy atom. The number of phenolic OH excluding ortho intramolecular Hbond substituents is 1. The van der Waals surface area contributed by atoms with Gasteiger partial charge in [-0.05, 0) is 23.8 Å². The number of hydrogen-bond acceptors (Lipinski definition) is 6. The second-order valence-corrected chi connectivity index (χ2v) is 16.8. The van der Waals surface area contributed by atoms with Crippen LogP contribution in [0, 0.1) is 0 Å². The lowest BCUT2D eigenvalue weighted by Crippen LogP contribution is -3.00. The molecule has 2 aromatic carbocycles. The Balaban J connectivity index is 0.000000428. The van der Waals surface area contributed by atoms with Crippen LogP contribution in [-0.2, 0) is 6.42 Å². The second-order valence-electron chi connectivity index (χ2n) is 16.8. The summed E-state index contributed by atoms with van der Waals surface area (Å²) in [4.78, 5) is 13.2. The highest BCUT2D eigenvalue weighted by molar-refractivity contribution is 8.29. The highest BCUT2D eigenvalue weighted by Crippen LogP contribution is 2.51. The van der Waals surface area contributed by atoms with Crippen molar-refractivity contribution in [2.45, 2.75) is 18.9 Å². The normalized spacial score (nSPS) is 13.6. The van der Waals surface area contributed by atoms with Crippen LogP contribution in [0.5, 0.6) is 28.7 Å². The minimum absolute atomic E-state index is 0. The van der Waals surface area contributed by atoms with Gasteiger partial charge >= 0.3 is 0 Å². The zero-order chi connectivity index (χ0) is 47.1. The Kier molecular flexibility index (Phi) is 24.4. The Morgan fingerprint density at radius 3 is 1.59 bits per heavy atom. The summed E-state index contributed by atoms with van der Waals surface area (Å²) in [6.07, 6.45) is -13.7. The summed E-state index contributed by atoms with van der Waals surface area (Å²) in [5.74, 6) is 2.22. The first-order valence-corrected chi connectivity index (χ1v) is 20.2. The van der Waals surface area contributed by atoms with Gasteiger partial charge in [-0.15, -0.1) is 0 Å². The van der Waals surface area contributed by atoms with Gasteiger partial charge in [0.05, 0.1) is 52.4 Å². The smallest absolute Gasteiger partial charge is 0.231 e. The summed E-state index contributed by atoms with van der Waals surface area (Å²) in [5.41, 5.74) is 2.38. The number of ether oxygens (including phenoxy) is 4. The van der Waals surface area contributed by atoms with Crippen LogP contribution in [0.15, 0.2) is 24.3 Å². The lowest BCUT2D eigenvalue weighted by Gasteiger charge is -2.51. The van der Waals surface area contributed by atoms with Gasteiger partial charge < -0.3 is 52.5 Å². The first-order chi connectivity index (χ1) is 28.9. The lowest BCUT2D eigenvalue weighted by molar-refractivity contribution is -0.922. The van der Waals surface area contributed by atoms with Crippen molar-refractivity contribution in [3.05, 3.63) is 41.0 Å². The highest BCUT2D eigenvalue weighted by atomic mass is 127. The van der Waals surface area contributed by atoms with Crippen LogP contribution in [0.4, 0.5) is 0 Å². The van der Waals surface area contributed by atoms with Crippen molar-refractivity contribution < 1.29 is 57.3 Å². The van der Waals surface area contributed by atoms with E-state index in [0.717, 1.165) is 24.1 Å². The fraction of sp³-hybridized carbons (Fsp3) is 0.409. The van der Waals surface area contributed by atoms with Crippen LogP contribution in [-0.4, -0.2) is 291 Å². The first-order valence-electron chi connectivity index (χ1n) is 20.2. The molecule has 0 bridgehead atoms. The molecule has 0 saturated carbocycles. The van der Waals surface area contributed by atoms with E-state index in [0.29, 0.717) is 27.5 Å². The van der Waals surface area contributed by atoms with Gasteiger partial charge in [0.25, 0.3) is 0 Å². The van der Waals surface area contributed by atoms with E-state index >= 15 is 0 Å². The molecule has 63 heavy (non-hydrogen) atoms. The second kappa shape index (κ2) is 26.1. The molecule has 0 amide bonds. The monoisotopic (exact) mass is 890 g/mol. The Morgan fingerprint density at radius 1 is 0.714 bits per heavy atom. The summed E-state index contributed by atoms with van der Waals surface area (Å²) < 4.78 is 22.7. The van der Waals surface area contributed by atoms with Gasteiger partial charge in [0.1, 0.15) is 17.5 Å². The number of benzene rings is 2. The van der Waals surface area contributed by atoms with Crippen LogP contribution >= 0.6 is 0 Å². The van der Waals surface area contributed by atoms with Crippen molar-refractivity contribution in [2.75, 3.05) is 41.7 Å². The molecule has 7 nitrogen and oxygen atoms in total. The SMILES string of the molecule is COc1ccc(C(=O)CC2c3c(cc4c(c3OC)OCO4)CC[N+]2(C)C)c(O)c1.[B][B]B(B([B])[B])B(B([B])[B])B(B(B([B])[B])B([B])[B])B(B(B([B])[B])B([B])[B])B(B([B])[B])B([B])[B].[I-]. The maximum atomic E-state index is 13.2. The first kappa shape index (κ1) is 59.1. The third-order valence-electron chi connectivity index (χ3n) is 12.4. The number of ketones is 1. The molecule has 1 atom stereocenters. The van der Waals surface area contributed by atoms with Gasteiger partial charge in [0, 0.05) is 247 Å². The number of carbonyl (C=O) groups excluding carboxylic acids is 1. The molecule has 2 aliphatic heterocycles. The molecule has 35 radical (unpaired) electrons. The summed E-state index contributed by atoms with van der Waals surface area (Å²) >= 11 is 0. The number of fused-ring (bicyclic) bond motifs is 2. The number of hydrogen-bond donors (Lipinski definition) is 1. The third kappa shape index (κ3) is 14.3. The number of aromatic hydroxyl groups is 1. The molecular formula is C22H26B33INO6. The minimum atomic E-state index is -1.10. The molecule has 0 fully saturated rings. The Bertz CT molecular complexity index is 1720. The quantitative estimate of drug-likeness (QED) is 0.0618. The molecule has 4 rings (SSSR count). The number of halogens is 1. The number of methoxy groups -OCH3 is 2. The standard InChI is InChI=1S/C22H25NO6.B33.HI/c1-23(2)8-7-13-9-19-21(29-12-28-19)22(27-4)20(13)16(23)11-18(25)15-6-5-14(26-3)10-17(15)24;1-18-27(19(2)3)31(26(16)17)33(30(24(12)13)25(14)15)32(28(20(4)5)21(6)7)29(22(8)9)23(10)11;/h5-6,9-10,16H,7-8,11-12H2,1-4H3;;1H. The fourth-order valence-electron chi connectivity index (χ4n) is 9.41. The molecule has 1 N–H and O–H groups in total. The number of likely N-dealkylation sites (N-methyl/N-ethyl adjacent to an activating group) is 1. The van der Waals surface area contributed by atoms with Crippen LogP contribution < -0.4 is 42.9 Å². The summed E-state index contributed by atoms with van der Waals surface area (Å²) in [7, 11) is 112. The number of phenols is 1. The van der Waals surface area contributed by atoms with Gasteiger partial charge in [-0.25, -0.2) is 0 Å². The molecule has 0 saturated heterocycles. The van der Waals surface area contributed by atoms with E-state index in [-0.39, 0.29) is 60.3 Å². The van der Waals surface area contributed by atoms with E-state index in [1.165, 1.54) is 20.2 Å². The number of quaternary nitrogens is 1. The molecule has 2 aliphatic rings. The van der Waals surface area contributed by atoms with Gasteiger partial charge in [-0.2, -0.15) is 0 Å². The van der Waals surface area contributed by atoms with E-state index in [9.17, 15) is 9.90 Å². The largest absolute Gasteiger partial charge is 1.00 e. The summed E-state index contributed by atoms with van der Waals surface area (Å²) in [6.45, 7) is 1.04. The fourth-order valence-corrected chi connectivity index (χ4v) is 9.41. The molecule has 41 heteroatoms. The van der Waals surface area contributed by atoms with Crippen molar-refractivity contribution in [1.82, 2.24) is 0 Å². The summed E-state index contributed by atoms with van der Waals surface area (Å²) in [5, 5.41) is 10.3. The van der Waals surface area contributed by atoms with Crippen molar-refractivity contribution >= 4 is 240 Å². The van der Waals surface area contributed by atoms with E-state index in [1.807, 2.05) is 6.07 Å². The lowest BCUT2D eigenvalue weighted by atomic mass is 8.30. The van der Waals surface area contributed by atoms with Crippen molar-refractivity contribution in [3.8, 4) is 28.7 Å². The molecular weight excluding hydrogens is 858 g/mol. The number of rotatable bonds is 20. The van der Waals surface area contributed by atoms with Crippen LogP contribution in [0.1, 0.15) is 33.9 Å². The molecule has 0 aromatic heterocycles. The minimum Gasteiger partial charge on any atom is -1.00 e. The van der Waals surface area contributed by atoms with E-state index in [4.69, 9.17) is 150 Å². The van der Waals surface area contributed by atoms with Gasteiger partial charge in [-0.1, -0.05) is 0 Å². The summed E-state index contributed by atoms with van der Waals surface area (Å²) in [6, 6.07) is 6.61. The predicted molar refractivity (Wildman–Crippen MR) is 296 cm³/mol. The molecule has 261 valence electrons. The van der Waals surface area contributed by atoms with Crippen molar-refractivity contribution in [3.63, 3.8) is 0 Å². The van der Waals surface area contributed by atoms with Crippen LogP contribution in [0.3, 0.4) is 0 Å². The molecule has 2 heterocycles. The number of Topliss-reactive ketones (excluding diaryl/α,β-unsaturated/α-hetero) is 1. The maximum absolute atomic E-state index is 13.2. The van der Waals surface area contributed by atoms with Gasteiger partial charge in [0.15, 0.2) is 17.3 Å². The Hall–Kier alpha value is -0.0571. The van der Waals surface area contributed by atoms with E-state index in [2.05, 4.69) is 14.1 Å². The van der Waals surface area contributed by atoms with Gasteiger partial charge in [0.2, 0.25) is 12.5 Å². The topological polar surface area (TPSA) is 74.2 Å². The average molecular weight is 884 g/mol. The highest BCUT2D eigenvalue weighted by Gasteiger charge is 2.54. The zero-order valence-corrected chi connectivity index (χ0v) is 38.7. The number of nitrogens with zero attached hydrogens (tertiary/aromatic N) is 1. The molecule has 2 aromatic rings. The molecule has 0 spiro atoms. The Labute approximate surface area is 424 Å². The average Bonchev–Trinajstić information content (AvgIpc) is 3.63.